The minimum absolute atomic E-state index is 0.255. The molecule has 2 rings (SSSR count). The molecule has 3 nitrogen and oxygen atoms in total. The zero-order chi connectivity index (χ0) is 11.7. The first-order valence-electron chi connectivity index (χ1n) is 5.23. The van der Waals surface area contributed by atoms with Gasteiger partial charge in [0.2, 0.25) is 5.76 Å². The zero-order valence-corrected chi connectivity index (χ0v) is 9.61. The molecule has 0 aliphatic heterocycles. The van der Waals surface area contributed by atoms with Crippen LogP contribution in [0.15, 0.2) is 22.6 Å². The summed E-state index contributed by atoms with van der Waals surface area (Å²) in [5, 5.41) is 0.857. The summed E-state index contributed by atoms with van der Waals surface area (Å²) < 4.78 is 10.7. The fraction of sp³-hybridized carbons (Fsp3) is 0.308. The third-order valence-electron chi connectivity index (χ3n) is 2.66. The van der Waals surface area contributed by atoms with Crippen LogP contribution < -0.4 is 4.74 Å². The van der Waals surface area contributed by atoms with Crippen LogP contribution in [0.4, 0.5) is 0 Å². The SMILES string of the molecule is COc1c(C=O)oc2c(C(C)C)cccc12. The van der Waals surface area contributed by atoms with E-state index in [1.54, 1.807) is 7.11 Å². The molecule has 16 heavy (non-hydrogen) atoms. The van der Waals surface area contributed by atoms with Crippen LogP contribution in [0.25, 0.3) is 11.0 Å². The molecule has 0 fully saturated rings. The molecule has 0 bridgehead atoms. The summed E-state index contributed by atoms with van der Waals surface area (Å²) in [5.41, 5.74) is 1.83. The van der Waals surface area contributed by atoms with Gasteiger partial charge in [0.25, 0.3) is 0 Å². The minimum atomic E-state index is 0.255. The molecule has 2 aromatic rings. The quantitative estimate of drug-likeness (QED) is 0.741. The normalized spacial score (nSPS) is 11.0. The van der Waals surface area contributed by atoms with Gasteiger partial charge in [0.05, 0.1) is 12.5 Å². The molecule has 0 unspecified atom stereocenters. The van der Waals surface area contributed by atoms with E-state index in [-0.39, 0.29) is 5.76 Å². The molecule has 0 atom stereocenters. The van der Waals surface area contributed by atoms with E-state index in [1.807, 2.05) is 18.2 Å². The van der Waals surface area contributed by atoms with Gasteiger partial charge in [-0.05, 0) is 17.5 Å². The van der Waals surface area contributed by atoms with Gasteiger partial charge in [-0.1, -0.05) is 26.0 Å². The summed E-state index contributed by atoms with van der Waals surface area (Å²) in [4.78, 5) is 10.9. The van der Waals surface area contributed by atoms with E-state index in [1.165, 1.54) is 0 Å². The Labute approximate surface area is 94.0 Å². The van der Waals surface area contributed by atoms with Gasteiger partial charge in [-0.2, -0.15) is 0 Å². The smallest absolute Gasteiger partial charge is 0.209 e. The minimum Gasteiger partial charge on any atom is -0.492 e. The molecule has 0 aliphatic rings. The molecule has 3 heteroatoms. The molecule has 0 saturated heterocycles. The largest absolute Gasteiger partial charge is 0.492 e. The highest BCUT2D eigenvalue weighted by Gasteiger charge is 2.17. The first-order chi connectivity index (χ1) is 7.69. The van der Waals surface area contributed by atoms with Crippen LogP contribution in [-0.4, -0.2) is 13.4 Å². The molecule has 0 radical (unpaired) electrons. The van der Waals surface area contributed by atoms with E-state index in [4.69, 9.17) is 9.15 Å². The Morgan fingerprint density at radius 1 is 1.38 bits per heavy atom. The number of furan rings is 1. The van der Waals surface area contributed by atoms with Crippen LogP contribution in [0.5, 0.6) is 5.75 Å². The van der Waals surface area contributed by atoms with Crippen molar-refractivity contribution in [2.45, 2.75) is 19.8 Å². The summed E-state index contributed by atoms with van der Waals surface area (Å²) in [6.45, 7) is 4.18. The highest BCUT2D eigenvalue weighted by Crippen LogP contribution is 2.36. The molecule has 84 valence electrons. The molecule has 0 aliphatic carbocycles. The molecule has 0 spiro atoms. The third-order valence-corrected chi connectivity index (χ3v) is 2.66. The van der Waals surface area contributed by atoms with Crippen molar-refractivity contribution in [3.8, 4) is 5.75 Å². The highest BCUT2D eigenvalue weighted by atomic mass is 16.5. The van der Waals surface area contributed by atoms with Gasteiger partial charge in [0.1, 0.15) is 5.58 Å². The van der Waals surface area contributed by atoms with Crippen LogP contribution in [0.2, 0.25) is 0 Å². The van der Waals surface area contributed by atoms with E-state index in [0.717, 1.165) is 16.5 Å². The molecule has 0 saturated carbocycles. The van der Waals surface area contributed by atoms with Crippen molar-refractivity contribution in [3.05, 3.63) is 29.5 Å². The van der Waals surface area contributed by atoms with Gasteiger partial charge >= 0.3 is 0 Å². The van der Waals surface area contributed by atoms with Crippen molar-refractivity contribution in [2.24, 2.45) is 0 Å². The van der Waals surface area contributed by atoms with Crippen LogP contribution in [0.1, 0.15) is 35.9 Å². The van der Waals surface area contributed by atoms with Crippen molar-refractivity contribution < 1.29 is 13.9 Å². The topological polar surface area (TPSA) is 39.4 Å². The second-order valence-electron chi connectivity index (χ2n) is 4.00. The Morgan fingerprint density at radius 2 is 2.12 bits per heavy atom. The second kappa shape index (κ2) is 4.00. The number of hydrogen-bond acceptors (Lipinski definition) is 3. The average Bonchev–Trinajstić information content (AvgIpc) is 2.65. The first-order valence-corrected chi connectivity index (χ1v) is 5.23. The number of ether oxygens (including phenoxy) is 1. The molecular formula is C13H14O3. The Morgan fingerprint density at radius 3 is 2.69 bits per heavy atom. The molecule has 0 amide bonds. The first kappa shape index (κ1) is 10.7. The summed E-state index contributed by atoms with van der Waals surface area (Å²) in [6, 6.07) is 5.85. The van der Waals surface area contributed by atoms with Gasteiger partial charge in [-0.15, -0.1) is 0 Å². The van der Waals surface area contributed by atoms with Crippen LogP contribution in [0.3, 0.4) is 0 Å². The van der Waals surface area contributed by atoms with E-state index in [9.17, 15) is 4.79 Å². The van der Waals surface area contributed by atoms with Gasteiger partial charge in [0, 0.05) is 0 Å². The summed E-state index contributed by atoms with van der Waals surface area (Å²) in [6.07, 6.45) is 0.683. The number of carbonyl (C=O) groups excluding carboxylic acids is 1. The molecule has 1 aromatic carbocycles. The fourth-order valence-corrected chi connectivity index (χ4v) is 1.88. The van der Waals surface area contributed by atoms with Crippen molar-refractivity contribution in [1.82, 2.24) is 0 Å². The van der Waals surface area contributed by atoms with Crippen molar-refractivity contribution in [3.63, 3.8) is 0 Å². The van der Waals surface area contributed by atoms with Gasteiger partial charge in [0.15, 0.2) is 12.0 Å². The van der Waals surface area contributed by atoms with Crippen molar-refractivity contribution >= 4 is 17.3 Å². The van der Waals surface area contributed by atoms with Crippen molar-refractivity contribution in [2.75, 3.05) is 7.11 Å². The Bertz CT molecular complexity index is 523. The predicted octanol–water partition coefficient (Wildman–Crippen LogP) is 3.38. The van der Waals surface area contributed by atoms with Crippen LogP contribution >= 0.6 is 0 Å². The summed E-state index contributed by atoms with van der Waals surface area (Å²) in [5.74, 6) is 1.12. The number of fused-ring (bicyclic) bond motifs is 1. The maximum Gasteiger partial charge on any atom is 0.209 e. The Kier molecular flexibility index (Phi) is 2.69. The van der Waals surface area contributed by atoms with Crippen molar-refractivity contribution in [1.29, 1.82) is 0 Å². The third kappa shape index (κ3) is 1.48. The lowest BCUT2D eigenvalue weighted by Gasteiger charge is -2.04. The maximum atomic E-state index is 10.9. The maximum absolute atomic E-state index is 10.9. The number of carbonyl (C=O) groups is 1. The lowest BCUT2D eigenvalue weighted by molar-refractivity contribution is 0.109. The summed E-state index contributed by atoms with van der Waals surface area (Å²) >= 11 is 0. The van der Waals surface area contributed by atoms with Gasteiger partial charge in [-0.3, -0.25) is 4.79 Å². The molecule has 0 N–H and O–H groups in total. The number of para-hydroxylation sites is 1. The van der Waals surface area contributed by atoms with Crippen LogP contribution in [-0.2, 0) is 0 Å². The lowest BCUT2D eigenvalue weighted by Crippen LogP contribution is -1.87. The number of rotatable bonds is 3. The Hall–Kier alpha value is -1.77. The Balaban J connectivity index is 2.80. The zero-order valence-electron chi connectivity index (χ0n) is 9.61. The van der Waals surface area contributed by atoms with E-state index in [0.29, 0.717) is 18.0 Å². The second-order valence-corrected chi connectivity index (χ2v) is 4.00. The van der Waals surface area contributed by atoms with Crippen LogP contribution in [0, 0.1) is 0 Å². The summed E-state index contributed by atoms with van der Waals surface area (Å²) in [7, 11) is 1.54. The lowest BCUT2D eigenvalue weighted by atomic mass is 10.0. The number of benzene rings is 1. The number of aldehydes is 1. The fourth-order valence-electron chi connectivity index (χ4n) is 1.88. The van der Waals surface area contributed by atoms with E-state index < -0.39 is 0 Å². The highest BCUT2D eigenvalue weighted by molar-refractivity contribution is 5.94. The van der Waals surface area contributed by atoms with E-state index >= 15 is 0 Å². The van der Waals surface area contributed by atoms with Gasteiger partial charge < -0.3 is 9.15 Å². The molecular weight excluding hydrogens is 204 g/mol. The molecule has 1 aromatic heterocycles. The van der Waals surface area contributed by atoms with Gasteiger partial charge in [-0.25, -0.2) is 0 Å². The number of hydrogen-bond donors (Lipinski definition) is 0. The predicted molar refractivity (Wildman–Crippen MR) is 62.2 cm³/mol. The standard InChI is InChI=1S/C13H14O3/c1-8(2)9-5-4-6-10-12(9)16-11(7-14)13(10)15-3/h4-8H,1-3H3. The monoisotopic (exact) mass is 218 g/mol. The van der Waals surface area contributed by atoms with E-state index in [2.05, 4.69) is 13.8 Å². The molecule has 1 heterocycles. The number of methoxy groups -OCH3 is 1. The average molecular weight is 218 g/mol.